The van der Waals surface area contributed by atoms with Crippen LogP contribution in [0.4, 0.5) is 11.5 Å². The number of hydrogen-bond acceptors (Lipinski definition) is 7. The number of aromatic nitrogens is 4. The van der Waals surface area contributed by atoms with Crippen molar-refractivity contribution in [3.05, 3.63) is 53.3 Å². The lowest BCUT2D eigenvalue weighted by molar-refractivity contribution is -0.115. The predicted molar refractivity (Wildman–Crippen MR) is 115 cm³/mol. The van der Waals surface area contributed by atoms with Crippen LogP contribution < -0.4 is 15.8 Å². The van der Waals surface area contributed by atoms with Crippen LogP contribution in [0.3, 0.4) is 0 Å². The summed E-state index contributed by atoms with van der Waals surface area (Å²) in [6, 6.07) is 7.38. The van der Waals surface area contributed by atoms with E-state index in [4.69, 9.17) is 15.0 Å². The molecule has 0 aliphatic heterocycles. The molecule has 0 saturated carbocycles. The number of aryl methyl sites for hydroxylation is 2. The Bertz CT molecular complexity index is 1310. The van der Waals surface area contributed by atoms with E-state index in [2.05, 4.69) is 25.0 Å². The molecule has 3 aromatic heterocycles. The third kappa shape index (κ3) is 3.27. The third-order valence-electron chi connectivity index (χ3n) is 5.55. The number of rotatable bonds is 5. The van der Waals surface area contributed by atoms with Gasteiger partial charge in [0.15, 0.2) is 5.82 Å². The minimum atomic E-state index is -0.216. The van der Waals surface area contributed by atoms with E-state index < -0.39 is 0 Å². The lowest BCUT2D eigenvalue weighted by atomic mass is 10.2. The van der Waals surface area contributed by atoms with Gasteiger partial charge in [-0.15, -0.1) is 0 Å². The number of methoxy groups -OCH3 is 1. The number of anilines is 2. The molecular weight excluding hydrogens is 396 g/mol. The highest BCUT2D eigenvalue weighted by molar-refractivity contribution is 5.94. The Balaban J connectivity index is 1.51. The van der Waals surface area contributed by atoms with Crippen LogP contribution in [0.15, 0.2) is 35.1 Å². The lowest BCUT2D eigenvalue weighted by Gasteiger charge is -2.15. The van der Waals surface area contributed by atoms with Crippen LogP contribution in [0.5, 0.6) is 5.75 Å². The molecule has 31 heavy (non-hydrogen) atoms. The Morgan fingerprint density at radius 1 is 1.29 bits per heavy atom. The Morgan fingerprint density at radius 3 is 2.94 bits per heavy atom. The minimum Gasteiger partial charge on any atom is -0.494 e. The summed E-state index contributed by atoms with van der Waals surface area (Å²) in [5, 5.41) is 6.69. The van der Waals surface area contributed by atoms with Crippen molar-refractivity contribution in [3.8, 4) is 11.4 Å². The maximum atomic E-state index is 12.5. The summed E-state index contributed by atoms with van der Waals surface area (Å²) >= 11 is 0. The number of carbonyl (C=O) groups excluding carboxylic acids is 1. The van der Waals surface area contributed by atoms with E-state index in [0.717, 1.165) is 41.7 Å². The highest BCUT2D eigenvalue weighted by atomic mass is 16.5. The number of ether oxygens (including phenoxy) is 1. The Hall–Kier alpha value is -3.88. The second kappa shape index (κ2) is 7.42. The largest absolute Gasteiger partial charge is 0.494 e. The van der Waals surface area contributed by atoms with Crippen molar-refractivity contribution in [2.24, 2.45) is 0 Å². The van der Waals surface area contributed by atoms with Crippen molar-refractivity contribution in [2.45, 2.75) is 32.6 Å². The van der Waals surface area contributed by atoms with E-state index in [9.17, 15) is 4.79 Å². The summed E-state index contributed by atoms with van der Waals surface area (Å²) < 4.78 is 12.8. The second-order valence-corrected chi connectivity index (χ2v) is 7.61. The first-order valence-electron chi connectivity index (χ1n) is 10.1. The van der Waals surface area contributed by atoms with Gasteiger partial charge in [-0.2, -0.15) is 0 Å². The Kier molecular flexibility index (Phi) is 4.58. The molecule has 0 fully saturated rings. The van der Waals surface area contributed by atoms with Crippen molar-refractivity contribution in [1.82, 2.24) is 19.7 Å². The number of benzene rings is 1. The van der Waals surface area contributed by atoms with Crippen LogP contribution in [0.25, 0.3) is 16.7 Å². The van der Waals surface area contributed by atoms with Gasteiger partial charge in [-0.05, 0) is 43.9 Å². The lowest BCUT2D eigenvalue weighted by Crippen LogP contribution is -2.15. The summed E-state index contributed by atoms with van der Waals surface area (Å²) in [6.45, 7) is 1.81. The predicted octanol–water partition coefficient (Wildman–Crippen LogP) is 2.98. The summed E-state index contributed by atoms with van der Waals surface area (Å²) in [6.07, 6.45) is 4.60. The molecule has 0 radical (unpaired) electrons. The molecule has 0 atom stereocenters. The van der Waals surface area contributed by atoms with Crippen LogP contribution in [-0.4, -0.2) is 32.7 Å². The first-order chi connectivity index (χ1) is 15.0. The van der Waals surface area contributed by atoms with Gasteiger partial charge in [0, 0.05) is 23.5 Å². The SMILES string of the molecule is COc1cc(-n2c3c(c4ncnc(N)c42)CCC3)ccc1NC(=O)Cc1cc(C)no1. The second-order valence-electron chi connectivity index (χ2n) is 7.61. The zero-order valence-electron chi connectivity index (χ0n) is 17.3. The quantitative estimate of drug-likeness (QED) is 0.511. The highest BCUT2D eigenvalue weighted by Crippen LogP contribution is 2.37. The molecule has 1 aromatic carbocycles. The molecule has 1 amide bonds. The van der Waals surface area contributed by atoms with Gasteiger partial charge in [-0.25, -0.2) is 9.97 Å². The molecular formula is C22H22N6O3. The smallest absolute Gasteiger partial charge is 0.232 e. The molecule has 0 saturated heterocycles. The Morgan fingerprint density at radius 2 is 2.16 bits per heavy atom. The molecule has 0 spiro atoms. The van der Waals surface area contributed by atoms with Crippen LogP contribution in [0.2, 0.25) is 0 Å². The monoisotopic (exact) mass is 418 g/mol. The van der Waals surface area contributed by atoms with Gasteiger partial charge < -0.3 is 24.9 Å². The highest BCUT2D eigenvalue weighted by Gasteiger charge is 2.25. The standard InChI is InChI=1S/C22H22N6O3/c1-12-8-14(31-27-12)10-19(29)26-16-7-6-13(9-18(16)30-2)28-17-5-3-4-15(17)20-21(28)22(23)25-11-24-20/h6-9,11H,3-5,10H2,1-2H3,(H,26,29)(H2,23,24,25). The summed E-state index contributed by atoms with van der Waals surface area (Å²) in [5.74, 6) is 1.28. The number of nitrogens with one attached hydrogen (secondary N) is 1. The van der Waals surface area contributed by atoms with E-state index in [0.29, 0.717) is 23.0 Å². The van der Waals surface area contributed by atoms with E-state index in [1.54, 1.807) is 13.2 Å². The number of nitrogens with zero attached hydrogens (tertiary/aromatic N) is 4. The average Bonchev–Trinajstić information content (AvgIpc) is 3.45. The normalized spacial score (nSPS) is 12.8. The molecule has 1 aliphatic rings. The maximum absolute atomic E-state index is 12.5. The van der Waals surface area contributed by atoms with Gasteiger partial charge in [-0.1, -0.05) is 5.16 Å². The topological polar surface area (TPSA) is 121 Å². The molecule has 3 N–H and O–H groups in total. The molecule has 158 valence electrons. The van der Waals surface area contributed by atoms with Crippen molar-refractivity contribution in [3.63, 3.8) is 0 Å². The van der Waals surface area contributed by atoms with Crippen LogP contribution in [-0.2, 0) is 24.1 Å². The summed E-state index contributed by atoms with van der Waals surface area (Å²) in [5.41, 5.74) is 12.6. The van der Waals surface area contributed by atoms with Gasteiger partial charge in [-0.3, -0.25) is 4.79 Å². The average molecular weight is 418 g/mol. The fourth-order valence-corrected chi connectivity index (χ4v) is 4.26. The summed E-state index contributed by atoms with van der Waals surface area (Å²) in [7, 11) is 1.57. The fraction of sp³-hybridized carbons (Fsp3) is 0.273. The van der Waals surface area contributed by atoms with Crippen molar-refractivity contribution < 1.29 is 14.1 Å². The number of nitrogens with two attached hydrogens (primary N) is 1. The fourth-order valence-electron chi connectivity index (χ4n) is 4.26. The molecule has 9 heteroatoms. The number of amides is 1. The molecule has 1 aliphatic carbocycles. The van der Waals surface area contributed by atoms with E-state index >= 15 is 0 Å². The van der Waals surface area contributed by atoms with Gasteiger partial charge in [0.2, 0.25) is 5.91 Å². The number of fused-ring (bicyclic) bond motifs is 3. The first kappa shape index (κ1) is 19.1. The van der Waals surface area contributed by atoms with Gasteiger partial charge in [0.1, 0.15) is 23.4 Å². The van der Waals surface area contributed by atoms with E-state index in [1.165, 1.54) is 17.6 Å². The van der Waals surface area contributed by atoms with E-state index in [1.807, 2.05) is 25.1 Å². The number of nitrogen functional groups attached to an aromatic ring is 1. The van der Waals surface area contributed by atoms with E-state index in [-0.39, 0.29) is 12.3 Å². The zero-order chi connectivity index (χ0) is 21.5. The zero-order valence-corrected chi connectivity index (χ0v) is 17.3. The number of carbonyl (C=O) groups is 1. The molecule has 5 rings (SSSR count). The third-order valence-corrected chi connectivity index (χ3v) is 5.55. The molecule has 3 heterocycles. The van der Waals surface area contributed by atoms with Crippen molar-refractivity contribution >= 4 is 28.4 Å². The minimum absolute atomic E-state index is 0.0926. The van der Waals surface area contributed by atoms with Crippen molar-refractivity contribution in [2.75, 3.05) is 18.2 Å². The number of hydrogen-bond donors (Lipinski definition) is 2. The first-order valence-corrected chi connectivity index (χ1v) is 10.1. The van der Waals surface area contributed by atoms with Gasteiger partial charge >= 0.3 is 0 Å². The van der Waals surface area contributed by atoms with Crippen molar-refractivity contribution in [1.29, 1.82) is 0 Å². The van der Waals surface area contributed by atoms with Crippen LogP contribution in [0.1, 0.15) is 29.1 Å². The molecule has 4 aromatic rings. The molecule has 0 bridgehead atoms. The van der Waals surface area contributed by atoms with Crippen LogP contribution in [0, 0.1) is 6.92 Å². The van der Waals surface area contributed by atoms with Gasteiger partial charge in [0.05, 0.1) is 30.4 Å². The van der Waals surface area contributed by atoms with Crippen LogP contribution >= 0.6 is 0 Å². The Labute approximate surface area is 178 Å². The maximum Gasteiger partial charge on any atom is 0.232 e. The van der Waals surface area contributed by atoms with Gasteiger partial charge in [0.25, 0.3) is 0 Å². The summed E-state index contributed by atoms with van der Waals surface area (Å²) in [4.78, 5) is 21.1. The molecule has 9 nitrogen and oxygen atoms in total. The molecule has 0 unspecified atom stereocenters.